The summed E-state index contributed by atoms with van der Waals surface area (Å²) in [5.41, 5.74) is 0.586. The van der Waals surface area contributed by atoms with Crippen molar-refractivity contribution in [3.63, 3.8) is 0 Å². The minimum absolute atomic E-state index is 0.155. The Hall–Kier alpha value is -1.18. The summed E-state index contributed by atoms with van der Waals surface area (Å²) in [5, 5.41) is 8.26. The number of hydrogen-bond donors (Lipinski definition) is 1. The summed E-state index contributed by atoms with van der Waals surface area (Å²) < 4.78 is 44.0. The highest BCUT2D eigenvalue weighted by molar-refractivity contribution is 7.03. The van der Waals surface area contributed by atoms with E-state index < -0.39 is 35.9 Å². The number of nitrogens with zero attached hydrogens (tertiary/aromatic N) is 2. The summed E-state index contributed by atoms with van der Waals surface area (Å²) in [6, 6.07) is -0.416. The Labute approximate surface area is 130 Å². The molecule has 3 saturated carbocycles. The number of amides is 1. The van der Waals surface area contributed by atoms with E-state index in [0.29, 0.717) is 18.5 Å². The molecule has 3 atom stereocenters. The van der Waals surface area contributed by atoms with Crippen LogP contribution in [0.4, 0.5) is 13.2 Å². The van der Waals surface area contributed by atoms with E-state index in [0.717, 1.165) is 24.4 Å². The lowest BCUT2D eigenvalue weighted by Crippen LogP contribution is -2.53. The van der Waals surface area contributed by atoms with Gasteiger partial charge in [-0.25, -0.2) is 0 Å². The first-order valence-electron chi connectivity index (χ1n) is 7.52. The van der Waals surface area contributed by atoms with Crippen molar-refractivity contribution in [2.24, 2.45) is 23.7 Å². The first-order valence-corrected chi connectivity index (χ1v) is 8.35. The number of halogens is 3. The molecule has 3 fully saturated rings. The first-order chi connectivity index (χ1) is 10.4. The van der Waals surface area contributed by atoms with E-state index in [1.54, 1.807) is 12.3 Å². The fourth-order valence-corrected chi connectivity index (χ4v) is 4.59. The minimum atomic E-state index is -4.31. The van der Waals surface area contributed by atoms with Gasteiger partial charge in [-0.15, -0.1) is 5.10 Å². The molecule has 2 bridgehead atoms. The quantitative estimate of drug-likeness (QED) is 0.923. The van der Waals surface area contributed by atoms with Crippen molar-refractivity contribution in [1.29, 1.82) is 0 Å². The predicted molar refractivity (Wildman–Crippen MR) is 74.9 cm³/mol. The van der Waals surface area contributed by atoms with Crippen LogP contribution in [0.25, 0.3) is 0 Å². The van der Waals surface area contributed by atoms with Crippen LogP contribution in [0.5, 0.6) is 0 Å². The Morgan fingerprint density at radius 2 is 1.95 bits per heavy atom. The van der Waals surface area contributed by atoms with Gasteiger partial charge in [-0.3, -0.25) is 4.79 Å². The van der Waals surface area contributed by atoms with Gasteiger partial charge in [0.15, 0.2) is 0 Å². The van der Waals surface area contributed by atoms with E-state index in [9.17, 15) is 18.0 Å². The molecular formula is C14H18F3N3OS. The van der Waals surface area contributed by atoms with E-state index >= 15 is 0 Å². The van der Waals surface area contributed by atoms with E-state index in [2.05, 4.69) is 14.9 Å². The Morgan fingerprint density at radius 1 is 1.32 bits per heavy atom. The molecular weight excluding hydrogens is 315 g/mol. The van der Waals surface area contributed by atoms with E-state index in [4.69, 9.17) is 0 Å². The van der Waals surface area contributed by atoms with Crippen molar-refractivity contribution in [2.45, 2.75) is 44.8 Å². The number of nitrogens with one attached hydrogen (secondary N) is 1. The summed E-state index contributed by atoms with van der Waals surface area (Å²) in [4.78, 5) is 12.5. The third-order valence-electron chi connectivity index (χ3n) is 5.08. The molecule has 1 aromatic heterocycles. The number of rotatable bonds is 3. The standard InChI is InChI=1S/C14H18F3N3OS/c1-7(10-6-22-20-19-10)18-13(21)11-8-2-4-9(5-3-8)12(11)14(15,16)17/h6-9,11-12H,2-5H2,1H3,(H,18,21)/t7?,8?,9?,11-,12-/m0/s1. The van der Waals surface area contributed by atoms with Crippen molar-refractivity contribution >= 4 is 17.4 Å². The molecule has 0 aromatic carbocycles. The number of hydrogen-bond acceptors (Lipinski definition) is 4. The van der Waals surface area contributed by atoms with Gasteiger partial charge in [-0.05, 0) is 56.0 Å². The molecule has 0 radical (unpaired) electrons. The SMILES string of the molecule is CC(NC(=O)[C@H]1C2CCC(CC2)[C@@H]1C(F)(F)F)c1csnn1. The lowest BCUT2D eigenvalue weighted by atomic mass is 9.58. The Balaban J connectivity index is 1.77. The Kier molecular flexibility index (Phi) is 4.13. The van der Waals surface area contributed by atoms with Crippen LogP contribution in [0.3, 0.4) is 0 Å². The molecule has 3 aliphatic rings. The van der Waals surface area contributed by atoms with Crippen LogP contribution in [0.2, 0.25) is 0 Å². The maximum atomic E-state index is 13.4. The van der Waals surface area contributed by atoms with Crippen LogP contribution in [-0.4, -0.2) is 21.7 Å². The fraction of sp³-hybridized carbons (Fsp3) is 0.786. The van der Waals surface area contributed by atoms with Gasteiger partial charge in [0.2, 0.25) is 5.91 Å². The van der Waals surface area contributed by atoms with E-state index in [1.165, 1.54) is 0 Å². The molecule has 8 heteroatoms. The van der Waals surface area contributed by atoms with Crippen LogP contribution < -0.4 is 5.32 Å². The van der Waals surface area contributed by atoms with Gasteiger partial charge >= 0.3 is 6.18 Å². The maximum absolute atomic E-state index is 13.4. The summed E-state index contributed by atoms with van der Waals surface area (Å²) in [6.45, 7) is 1.72. The van der Waals surface area contributed by atoms with Crippen LogP contribution in [-0.2, 0) is 4.79 Å². The van der Waals surface area contributed by atoms with Crippen molar-refractivity contribution < 1.29 is 18.0 Å². The first kappa shape index (κ1) is 15.7. The number of carbonyl (C=O) groups is 1. The smallest absolute Gasteiger partial charge is 0.348 e. The molecule has 1 aromatic rings. The van der Waals surface area contributed by atoms with Crippen molar-refractivity contribution in [1.82, 2.24) is 14.9 Å². The summed E-state index contributed by atoms with van der Waals surface area (Å²) in [6.07, 6.45) is -1.69. The second-order valence-corrected chi connectivity index (χ2v) is 6.94. The van der Waals surface area contributed by atoms with Gasteiger partial charge in [-0.1, -0.05) is 4.49 Å². The minimum Gasteiger partial charge on any atom is -0.348 e. The molecule has 1 amide bonds. The van der Waals surface area contributed by atoms with Crippen LogP contribution in [0.15, 0.2) is 5.38 Å². The third kappa shape index (κ3) is 2.85. The summed E-state index contributed by atoms with van der Waals surface area (Å²) in [7, 11) is 0. The second kappa shape index (κ2) is 5.79. The number of aromatic nitrogens is 2. The molecule has 1 unspecified atom stereocenters. The lowest BCUT2D eigenvalue weighted by molar-refractivity contribution is -0.229. The maximum Gasteiger partial charge on any atom is 0.392 e. The van der Waals surface area contributed by atoms with Crippen molar-refractivity contribution in [2.75, 3.05) is 0 Å². The Morgan fingerprint density at radius 3 is 2.50 bits per heavy atom. The normalized spacial score (nSPS) is 32.7. The zero-order valence-electron chi connectivity index (χ0n) is 12.1. The molecule has 3 aliphatic carbocycles. The monoisotopic (exact) mass is 333 g/mol. The topological polar surface area (TPSA) is 54.9 Å². The molecule has 0 aliphatic heterocycles. The van der Waals surface area contributed by atoms with Gasteiger partial charge in [0.1, 0.15) is 0 Å². The summed E-state index contributed by atoms with van der Waals surface area (Å²) >= 11 is 1.16. The molecule has 0 spiro atoms. The van der Waals surface area contributed by atoms with Crippen LogP contribution >= 0.6 is 11.5 Å². The van der Waals surface area contributed by atoms with E-state index in [-0.39, 0.29) is 5.92 Å². The predicted octanol–water partition coefficient (Wildman–Crippen LogP) is 3.33. The lowest BCUT2D eigenvalue weighted by Gasteiger charge is -2.48. The van der Waals surface area contributed by atoms with Crippen LogP contribution in [0, 0.1) is 23.7 Å². The van der Waals surface area contributed by atoms with E-state index in [1.807, 2.05) is 0 Å². The average Bonchev–Trinajstić information content (AvgIpc) is 3.00. The Bertz CT molecular complexity index is 526. The molecule has 1 N–H and O–H groups in total. The number of fused-ring (bicyclic) bond motifs is 3. The van der Waals surface area contributed by atoms with Gasteiger partial charge in [0.05, 0.1) is 23.6 Å². The highest BCUT2D eigenvalue weighted by Crippen LogP contribution is 2.54. The average molecular weight is 333 g/mol. The number of alkyl halides is 3. The van der Waals surface area contributed by atoms with Crippen molar-refractivity contribution in [3.05, 3.63) is 11.1 Å². The highest BCUT2D eigenvalue weighted by atomic mass is 32.1. The third-order valence-corrected chi connectivity index (χ3v) is 5.60. The van der Waals surface area contributed by atoms with Gasteiger partial charge < -0.3 is 5.32 Å². The zero-order valence-corrected chi connectivity index (χ0v) is 13.0. The second-order valence-electron chi connectivity index (χ2n) is 6.33. The molecule has 122 valence electrons. The summed E-state index contributed by atoms with van der Waals surface area (Å²) in [5.74, 6) is -3.51. The zero-order chi connectivity index (χ0) is 15.9. The largest absolute Gasteiger partial charge is 0.392 e. The van der Waals surface area contributed by atoms with Crippen molar-refractivity contribution in [3.8, 4) is 0 Å². The molecule has 1 heterocycles. The van der Waals surface area contributed by atoms with Gasteiger partial charge in [-0.2, -0.15) is 13.2 Å². The number of carbonyl (C=O) groups excluding carboxylic acids is 1. The highest BCUT2D eigenvalue weighted by Gasteiger charge is 2.58. The molecule has 22 heavy (non-hydrogen) atoms. The van der Waals surface area contributed by atoms with Crippen LogP contribution in [0.1, 0.15) is 44.3 Å². The van der Waals surface area contributed by atoms with Gasteiger partial charge in [0.25, 0.3) is 0 Å². The molecule has 4 nitrogen and oxygen atoms in total. The van der Waals surface area contributed by atoms with Gasteiger partial charge in [0, 0.05) is 5.38 Å². The fourth-order valence-electron chi connectivity index (χ4n) is 4.04. The molecule has 0 saturated heterocycles. The molecule has 4 rings (SSSR count).